The van der Waals surface area contributed by atoms with Crippen molar-refractivity contribution in [3.05, 3.63) is 17.8 Å². The maximum absolute atomic E-state index is 9.75. The van der Waals surface area contributed by atoms with Gasteiger partial charge >= 0.3 is 0 Å². The minimum atomic E-state index is -0.646. The van der Waals surface area contributed by atoms with Crippen LogP contribution >= 0.6 is 0 Å². The fourth-order valence-corrected chi connectivity index (χ4v) is 2.42. The van der Waals surface area contributed by atoms with Gasteiger partial charge in [0.1, 0.15) is 30.7 Å². The Morgan fingerprint density at radius 3 is 3.17 bits per heavy atom. The minimum Gasteiger partial charge on any atom is -0.394 e. The highest BCUT2D eigenvalue weighted by Gasteiger charge is 2.35. The summed E-state index contributed by atoms with van der Waals surface area (Å²) in [5, 5.41) is 22.0. The van der Waals surface area contributed by atoms with Crippen LogP contribution in [0.4, 0.5) is 5.82 Å². The topological polar surface area (TPSA) is 105 Å². The Morgan fingerprint density at radius 1 is 1.61 bits per heavy atom. The summed E-state index contributed by atoms with van der Waals surface area (Å²) in [6.07, 6.45) is 0.836. The number of rotatable bonds is 2. The van der Waals surface area contributed by atoms with Gasteiger partial charge in [-0.15, -0.1) is 0 Å². The maximum Gasteiger partial charge on any atom is 0.138 e. The Bertz CT molecular complexity index is 485. The molecule has 1 unspecified atom stereocenters. The number of aliphatic hydroxyl groups is 2. The van der Waals surface area contributed by atoms with Crippen molar-refractivity contribution < 1.29 is 14.9 Å². The molecule has 1 aromatic rings. The van der Waals surface area contributed by atoms with Crippen molar-refractivity contribution in [3.8, 4) is 0 Å². The maximum atomic E-state index is 9.75. The standard InChI is InChI=1S/C11H16N4O3/c12-10-6-1-2-15(11(6)14-5-13-10)9-3-7(17)8(4-16)18-9/h1-2,7-9,14,16-17H,3-5H2,(H2,12,13)/t7-,8?,9-/m1/s1. The van der Waals surface area contributed by atoms with E-state index in [2.05, 4.69) is 10.3 Å². The van der Waals surface area contributed by atoms with Gasteiger partial charge in [-0.05, 0) is 6.07 Å². The normalized spacial score (nSPS) is 30.8. The molecule has 0 radical (unpaired) electrons. The molecule has 0 amide bonds. The first-order valence-corrected chi connectivity index (χ1v) is 5.90. The molecule has 0 saturated carbocycles. The summed E-state index contributed by atoms with van der Waals surface area (Å²) in [5.74, 6) is 1.35. The number of nitrogens with one attached hydrogen (secondary N) is 1. The van der Waals surface area contributed by atoms with Crippen molar-refractivity contribution in [3.63, 3.8) is 0 Å². The van der Waals surface area contributed by atoms with Crippen molar-refractivity contribution in [1.29, 1.82) is 0 Å². The summed E-state index contributed by atoms with van der Waals surface area (Å²) < 4.78 is 7.50. The van der Waals surface area contributed by atoms with Gasteiger partial charge in [0.05, 0.1) is 18.3 Å². The average molecular weight is 252 g/mol. The quantitative estimate of drug-likeness (QED) is 0.552. The number of hydrogen-bond acceptors (Lipinski definition) is 6. The van der Waals surface area contributed by atoms with Crippen molar-refractivity contribution in [2.75, 3.05) is 18.6 Å². The Labute approximate surface area is 104 Å². The number of ether oxygens (including phenoxy) is 1. The van der Waals surface area contributed by atoms with Gasteiger partial charge in [-0.3, -0.25) is 0 Å². The van der Waals surface area contributed by atoms with E-state index in [9.17, 15) is 5.11 Å². The van der Waals surface area contributed by atoms with Crippen LogP contribution in [0.1, 0.15) is 18.2 Å². The lowest BCUT2D eigenvalue weighted by Crippen LogP contribution is -2.25. The second-order valence-corrected chi connectivity index (χ2v) is 4.48. The van der Waals surface area contributed by atoms with Gasteiger partial charge in [-0.1, -0.05) is 0 Å². The largest absolute Gasteiger partial charge is 0.394 e. The van der Waals surface area contributed by atoms with E-state index in [1.165, 1.54) is 0 Å². The minimum absolute atomic E-state index is 0.182. The zero-order valence-electron chi connectivity index (χ0n) is 9.78. The van der Waals surface area contributed by atoms with Crippen LogP contribution in [0.2, 0.25) is 0 Å². The fourth-order valence-electron chi connectivity index (χ4n) is 2.42. The number of amidine groups is 1. The van der Waals surface area contributed by atoms with Gasteiger partial charge in [0.15, 0.2) is 0 Å². The predicted molar refractivity (Wildman–Crippen MR) is 65.3 cm³/mol. The van der Waals surface area contributed by atoms with Crippen LogP contribution in [-0.4, -0.2) is 46.1 Å². The molecule has 98 valence electrons. The fraction of sp³-hybridized carbons (Fsp3) is 0.545. The van der Waals surface area contributed by atoms with Gasteiger partial charge < -0.3 is 30.6 Å². The number of nitrogens with zero attached hydrogens (tertiary/aromatic N) is 2. The van der Waals surface area contributed by atoms with Crippen LogP contribution in [0.25, 0.3) is 0 Å². The van der Waals surface area contributed by atoms with E-state index in [0.717, 1.165) is 11.4 Å². The van der Waals surface area contributed by atoms with Gasteiger partial charge in [-0.25, -0.2) is 4.99 Å². The summed E-state index contributed by atoms with van der Waals surface area (Å²) in [6, 6.07) is 1.86. The smallest absolute Gasteiger partial charge is 0.138 e. The molecular formula is C11H16N4O3. The van der Waals surface area contributed by atoms with Crippen molar-refractivity contribution in [2.24, 2.45) is 10.7 Å². The first kappa shape index (κ1) is 11.5. The molecule has 3 heterocycles. The molecule has 2 aliphatic heterocycles. The van der Waals surface area contributed by atoms with E-state index in [1.54, 1.807) is 0 Å². The SMILES string of the molecule is NC1=NCNc2c1ccn2[C@H]1C[C@@H](O)C(CO)O1. The van der Waals surface area contributed by atoms with Gasteiger partial charge in [-0.2, -0.15) is 0 Å². The van der Waals surface area contributed by atoms with Crippen LogP contribution in [0.15, 0.2) is 17.3 Å². The highest BCUT2D eigenvalue weighted by atomic mass is 16.5. The second kappa shape index (κ2) is 4.27. The lowest BCUT2D eigenvalue weighted by atomic mass is 10.2. The van der Waals surface area contributed by atoms with Gasteiger partial charge in [0, 0.05) is 12.6 Å². The average Bonchev–Trinajstić information content (AvgIpc) is 2.93. The highest BCUT2D eigenvalue weighted by Crippen LogP contribution is 2.33. The monoisotopic (exact) mass is 252 g/mol. The van der Waals surface area contributed by atoms with Crippen LogP contribution in [0.3, 0.4) is 0 Å². The van der Waals surface area contributed by atoms with E-state index in [1.807, 2.05) is 16.8 Å². The predicted octanol–water partition coefficient (Wildman–Crippen LogP) is -0.783. The van der Waals surface area contributed by atoms with Crippen molar-refractivity contribution in [1.82, 2.24) is 4.57 Å². The molecule has 0 spiro atoms. The number of anilines is 1. The summed E-state index contributed by atoms with van der Waals surface area (Å²) in [6.45, 7) is 0.250. The first-order valence-electron chi connectivity index (χ1n) is 5.90. The molecule has 18 heavy (non-hydrogen) atoms. The van der Waals surface area contributed by atoms with E-state index in [0.29, 0.717) is 18.9 Å². The molecule has 0 aliphatic carbocycles. The third kappa shape index (κ3) is 1.67. The Kier molecular flexibility index (Phi) is 2.73. The highest BCUT2D eigenvalue weighted by molar-refractivity contribution is 6.03. The number of aromatic nitrogens is 1. The summed E-state index contributed by atoms with van der Waals surface area (Å²) in [4.78, 5) is 4.10. The third-order valence-electron chi connectivity index (χ3n) is 3.38. The number of nitrogens with two attached hydrogens (primary N) is 1. The molecule has 0 bridgehead atoms. The van der Waals surface area contributed by atoms with Crippen LogP contribution in [0, 0.1) is 0 Å². The molecule has 7 heteroatoms. The Balaban J connectivity index is 1.89. The van der Waals surface area contributed by atoms with E-state index < -0.39 is 12.2 Å². The summed E-state index contributed by atoms with van der Waals surface area (Å²) in [7, 11) is 0. The summed E-state index contributed by atoms with van der Waals surface area (Å²) >= 11 is 0. The molecule has 3 atom stereocenters. The van der Waals surface area contributed by atoms with Crippen molar-refractivity contribution >= 4 is 11.7 Å². The Hall–Kier alpha value is -1.57. The Morgan fingerprint density at radius 2 is 2.44 bits per heavy atom. The van der Waals surface area contributed by atoms with Crippen LogP contribution in [-0.2, 0) is 4.74 Å². The molecule has 5 N–H and O–H groups in total. The van der Waals surface area contributed by atoms with Crippen molar-refractivity contribution in [2.45, 2.75) is 24.9 Å². The van der Waals surface area contributed by atoms with Crippen LogP contribution in [0.5, 0.6) is 0 Å². The molecule has 2 aliphatic rings. The zero-order valence-corrected chi connectivity index (χ0v) is 9.78. The lowest BCUT2D eigenvalue weighted by molar-refractivity contribution is -0.0436. The van der Waals surface area contributed by atoms with E-state index >= 15 is 0 Å². The van der Waals surface area contributed by atoms with E-state index in [-0.39, 0.29) is 12.8 Å². The zero-order chi connectivity index (χ0) is 12.7. The van der Waals surface area contributed by atoms with Gasteiger partial charge in [0.25, 0.3) is 0 Å². The first-order chi connectivity index (χ1) is 8.70. The van der Waals surface area contributed by atoms with Crippen LogP contribution < -0.4 is 11.1 Å². The lowest BCUT2D eigenvalue weighted by Gasteiger charge is -2.20. The molecule has 7 nitrogen and oxygen atoms in total. The number of aliphatic hydroxyl groups excluding tert-OH is 2. The second-order valence-electron chi connectivity index (χ2n) is 4.48. The number of hydrogen-bond donors (Lipinski definition) is 4. The van der Waals surface area contributed by atoms with E-state index in [4.69, 9.17) is 15.6 Å². The molecule has 0 aromatic carbocycles. The molecule has 1 fully saturated rings. The molecule has 1 aromatic heterocycles. The molecule has 3 rings (SSSR count). The molecular weight excluding hydrogens is 236 g/mol. The third-order valence-corrected chi connectivity index (χ3v) is 3.38. The molecule has 1 saturated heterocycles. The van der Waals surface area contributed by atoms with Gasteiger partial charge in [0.2, 0.25) is 0 Å². The number of aliphatic imine (C=N–C) groups is 1. The summed E-state index contributed by atoms with van der Waals surface area (Å²) in [5.41, 5.74) is 6.65. The number of fused-ring (bicyclic) bond motifs is 1.